The van der Waals surface area contributed by atoms with E-state index in [-0.39, 0.29) is 0 Å². The van der Waals surface area contributed by atoms with Crippen molar-refractivity contribution in [2.45, 2.75) is 59.4 Å². The van der Waals surface area contributed by atoms with Gasteiger partial charge in [0.1, 0.15) is 0 Å². The van der Waals surface area contributed by atoms with Gasteiger partial charge in [0.15, 0.2) is 5.58 Å². The van der Waals surface area contributed by atoms with Gasteiger partial charge in [0.25, 0.3) is 0 Å². The van der Waals surface area contributed by atoms with E-state index in [0.29, 0.717) is 11.3 Å². The molecular formula is C21H26N2O. The molecular weight excluding hydrogens is 296 g/mol. The molecule has 3 nitrogen and oxygen atoms in total. The van der Waals surface area contributed by atoms with Crippen LogP contribution in [0.15, 0.2) is 34.9 Å². The van der Waals surface area contributed by atoms with Crippen molar-refractivity contribution in [1.29, 1.82) is 0 Å². The largest absolute Gasteiger partial charge is 0.436 e. The molecule has 1 aromatic carbocycles. The second-order valence-electron chi connectivity index (χ2n) is 7.50. The SMILES string of the molecule is [2H]C([2H])([2H])C1(C)[C@H](C)N(c2c(C)ccc3c2oc2ncccc23)C(C)(C)C1([2H])[2H]. The molecule has 1 aliphatic rings. The molecule has 2 atom stereocenters. The minimum absolute atomic E-state index is 0.514. The van der Waals surface area contributed by atoms with Gasteiger partial charge in [-0.25, -0.2) is 4.98 Å². The molecule has 0 spiro atoms. The third-order valence-electron chi connectivity index (χ3n) is 5.22. The smallest absolute Gasteiger partial charge is 0.227 e. The van der Waals surface area contributed by atoms with Crippen molar-refractivity contribution >= 4 is 27.8 Å². The van der Waals surface area contributed by atoms with Gasteiger partial charge in [0.05, 0.1) is 5.69 Å². The van der Waals surface area contributed by atoms with Gasteiger partial charge in [-0.2, -0.15) is 0 Å². The summed E-state index contributed by atoms with van der Waals surface area (Å²) in [5.41, 5.74) is 0.116. The fourth-order valence-electron chi connectivity index (χ4n) is 4.07. The number of rotatable bonds is 1. The van der Waals surface area contributed by atoms with Crippen molar-refractivity contribution in [1.82, 2.24) is 4.98 Å². The number of aryl methyl sites for hydroxylation is 1. The molecule has 3 heterocycles. The van der Waals surface area contributed by atoms with E-state index in [1.54, 1.807) is 33.9 Å². The zero-order chi connectivity index (χ0) is 21.6. The lowest BCUT2D eigenvalue weighted by atomic mass is 9.82. The van der Waals surface area contributed by atoms with E-state index >= 15 is 0 Å². The fraction of sp³-hybridized carbons (Fsp3) is 0.476. The summed E-state index contributed by atoms with van der Waals surface area (Å²) in [7, 11) is 0. The van der Waals surface area contributed by atoms with E-state index in [1.165, 1.54) is 0 Å². The average Bonchev–Trinajstić information content (AvgIpc) is 3.04. The zero-order valence-electron chi connectivity index (χ0n) is 19.8. The van der Waals surface area contributed by atoms with Crippen LogP contribution in [0.5, 0.6) is 0 Å². The van der Waals surface area contributed by atoms with E-state index in [4.69, 9.17) is 11.3 Å². The van der Waals surface area contributed by atoms with Crippen LogP contribution in [-0.4, -0.2) is 16.6 Å². The number of aromatic nitrogens is 1. The predicted octanol–water partition coefficient (Wildman–Crippen LogP) is 5.69. The molecule has 1 saturated heterocycles. The molecule has 2 aromatic heterocycles. The van der Waals surface area contributed by atoms with Gasteiger partial charge >= 0.3 is 0 Å². The molecule has 4 rings (SSSR count). The first-order valence-corrected chi connectivity index (χ1v) is 8.33. The molecule has 126 valence electrons. The number of benzene rings is 1. The summed E-state index contributed by atoms with van der Waals surface area (Å²) in [6, 6.07) is 7.16. The highest BCUT2D eigenvalue weighted by Crippen LogP contribution is 2.51. The standard InChI is InChI=1S/C21H26N2O/c1-13-9-10-15-16-8-7-11-22-19(16)24-18(15)17(13)23-14(2)20(3,4)12-21(23,5)6/h7-11,14H,12H2,1-6H3/t14-/m0/s1/i3D3,12D2/t14-,20?. The van der Waals surface area contributed by atoms with Crippen LogP contribution in [0.1, 0.15) is 53.3 Å². The van der Waals surface area contributed by atoms with Crippen LogP contribution < -0.4 is 4.90 Å². The molecule has 3 heteroatoms. The van der Waals surface area contributed by atoms with Crippen LogP contribution in [0.3, 0.4) is 0 Å². The summed E-state index contributed by atoms with van der Waals surface area (Å²) < 4.78 is 48.5. The molecule has 24 heavy (non-hydrogen) atoms. The molecule has 0 amide bonds. The molecule has 0 N–H and O–H groups in total. The number of hydrogen-bond donors (Lipinski definition) is 0. The summed E-state index contributed by atoms with van der Waals surface area (Å²) in [6.07, 6.45) is -0.312. The lowest BCUT2D eigenvalue weighted by Crippen LogP contribution is -2.43. The first kappa shape index (κ1) is 10.8. The Morgan fingerprint density at radius 1 is 1.29 bits per heavy atom. The average molecular weight is 327 g/mol. The maximum absolute atomic E-state index is 8.92. The number of nitrogens with zero attached hydrogens (tertiary/aromatic N) is 2. The summed E-state index contributed by atoms with van der Waals surface area (Å²) in [5, 5.41) is 1.77. The van der Waals surface area contributed by atoms with Gasteiger partial charge in [0.2, 0.25) is 5.71 Å². The molecule has 0 radical (unpaired) electrons. The van der Waals surface area contributed by atoms with Gasteiger partial charge in [0, 0.05) is 35.4 Å². The van der Waals surface area contributed by atoms with Crippen molar-refractivity contribution in [2.24, 2.45) is 5.41 Å². The van der Waals surface area contributed by atoms with E-state index in [2.05, 4.69) is 4.98 Å². The Morgan fingerprint density at radius 3 is 2.79 bits per heavy atom. The number of furan rings is 1. The number of pyridine rings is 1. The van der Waals surface area contributed by atoms with Crippen LogP contribution >= 0.6 is 0 Å². The number of hydrogen-bond acceptors (Lipinski definition) is 3. The van der Waals surface area contributed by atoms with E-state index in [9.17, 15) is 0 Å². The summed E-state index contributed by atoms with van der Waals surface area (Å²) in [5.74, 6) is 0. The quantitative estimate of drug-likeness (QED) is 0.574. The minimum atomic E-state index is -2.47. The summed E-state index contributed by atoms with van der Waals surface area (Å²) >= 11 is 0. The Balaban J connectivity index is 2.07. The zero-order valence-corrected chi connectivity index (χ0v) is 14.8. The second kappa shape index (κ2) is 4.75. The highest BCUT2D eigenvalue weighted by Gasteiger charge is 2.49. The Bertz CT molecular complexity index is 1120. The Hall–Kier alpha value is -2.03. The molecule has 0 saturated carbocycles. The Kier molecular flexibility index (Phi) is 2.13. The first-order valence-electron chi connectivity index (χ1n) is 10.8. The van der Waals surface area contributed by atoms with Gasteiger partial charge in [-0.1, -0.05) is 25.9 Å². The highest BCUT2D eigenvalue weighted by atomic mass is 16.3. The van der Waals surface area contributed by atoms with Gasteiger partial charge in [-0.15, -0.1) is 0 Å². The van der Waals surface area contributed by atoms with Gasteiger partial charge < -0.3 is 9.32 Å². The summed E-state index contributed by atoms with van der Waals surface area (Å²) in [4.78, 5) is 6.23. The van der Waals surface area contributed by atoms with Crippen LogP contribution in [-0.2, 0) is 0 Å². The molecule has 3 aromatic rings. The highest BCUT2D eigenvalue weighted by molar-refractivity contribution is 6.08. The Labute approximate surface area is 150 Å². The third-order valence-corrected chi connectivity index (χ3v) is 5.22. The van der Waals surface area contributed by atoms with E-state index < -0.39 is 30.2 Å². The fourth-order valence-corrected chi connectivity index (χ4v) is 4.07. The maximum Gasteiger partial charge on any atom is 0.227 e. The van der Waals surface area contributed by atoms with Crippen LogP contribution in [0.25, 0.3) is 22.1 Å². The molecule has 1 aliphatic heterocycles. The molecule has 1 unspecified atom stereocenters. The van der Waals surface area contributed by atoms with Crippen LogP contribution in [0.2, 0.25) is 0 Å². The van der Waals surface area contributed by atoms with Crippen molar-refractivity contribution < 1.29 is 11.3 Å². The van der Waals surface area contributed by atoms with E-state index in [0.717, 1.165) is 22.0 Å². The molecule has 0 aliphatic carbocycles. The van der Waals surface area contributed by atoms with Crippen molar-refractivity contribution in [3.05, 3.63) is 36.0 Å². The van der Waals surface area contributed by atoms with Crippen molar-refractivity contribution in [2.75, 3.05) is 4.90 Å². The summed E-state index contributed by atoms with van der Waals surface area (Å²) in [6.45, 7) is 6.37. The van der Waals surface area contributed by atoms with Crippen molar-refractivity contribution in [3.8, 4) is 0 Å². The minimum Gasteiger partial charge on any atom is -0.436 e. The monoisotopic (exact) mass is 327 g/mol. The Morgan fingerprint density at radius 2 is 2.08 bits per heavy atom. The predicted molar refractivity (Wildman–Crippen MR) is 101 cm³/mol. The van der Waals surface area contributed by atoms with Crippen molar-refractivity contribution in [3.63, 3.8) is 0 Å². The van der Waals surface area contributed by atoms with Gasteiger partial charge in [-0.05, 0) is 57.2 Å². The first-order chi connectivity index (χ1) is 13.3. The normalized spacial score (nSPS) is 32.3. The molecule has 1 fully saturated rings. The number of fused-ring (bicyclic) bond motifs is 3. The number of anilines is 1. The lowest BCUT2D eigenvalue weighted by molar-refractivity contribution is 0.329. The lowest BCUT2D eigenvalue weighted by Gasteiger charge is -2.38. The second-order valence-corrected chi connectivity index (χ2v) is 7.50. The van der Waals surface area contributed by atoms with Crippen LogP contribution in [0, 0.1) is 12.3 Å². The van der Waals surface area contributed by atoms with Gasteiger partial charge in [-0.3, -0.25) is 0 Å². The van der Waals surface area contributed by atoms with E-state index in [1.807, 2.05) is 36.1 Å². The molecule has 0 bridgehead atoms. The maximum atomic E-state index is 8.92. The van der Waals surface area contributed by atoms with Crippen LogP contribution in [0.4, 0.5) is 5.69 Å². The topological polar surface area (TPSA) is 29.3 Å². The third kappa shape index (κ3) is 2.00.